The first-order valence-corrected chi connectivity index (χ1v) is 7.15. The molecule has 0 radical (unpaired) electrons. The maximum absolute atomic E-state index is 12.1. The molecular formula is C14H21N3O2. The number of nitrogens with one attached hydrogen (secondary N) is 1. The van der Waals surface area contributed by atoms with E-state index in [9.17, 15) is 4.79 Å². The molecule has 0 spiro atoms. The zero-order valence-electron chi connectivity index (χ0n) is 11.4. The van der Waals surface area contributed by atoms with E-state index in [4.69, 9.17) is 4.52 Å². The minimum absolute atomic E-state index is 0.137. The molecule has 1 saturated heterocycles. The first-order chi connectivity index (χ1) is 9.20. The SMILES string of the molecule is Cc1cc(CN2CCCC(C(=O)NC3CC3)C2)on1. The molecule has 1 aliphatic heterocycles. The fraction of sp³-hybridized carbons (Fsp3) is 0.714. The number of hydrogen-bond acceptors (Lipinski definition) is 4. The third kappa shape index (κ3) is 3.35. The van der Waals surface area contributed by atoms with Crippen molar-refractivity contribution >= 4 is 5.91 Å². The van der Waals surface area contributed by atoms with Gasteiger partial charge < -0.3 is 9.84 Å². The van der Waals surface area contributed by atoms with Gasteiger partial charge in [-0.05, 0) is 39.2 Å². The van der Waals surface area contributed by atoms with E-state index in [1.54, 1.807) is 0 Å². The van der Waals surface area contributed by atoms with Gasteiger partial charge in [-0.3, -0.25) is 9.69 Å². The number of piperidine rings is 1. The van der Waals surface area contributed by atoms with Crippen molar-refractivity contribution in [3.8, 4) is 0 Å². The number of aromatic nitrogens is 1. The van der Waals surface area contributed by atoms with Crippen LogP contribution in [0.2, 0.25) is 0 Å². The Hall–Kier alpha value is -1.36. The Labute approximate surface area is 113 Å². The molecule has 1 saturated carbocycles. The molecule has 3 rings (SSSR count). The van der Waals surface area contributed by atoms with Crippen LogP contribution in [0.5, 0.6) is 0 Å². The lowest BCUT2D eigenvalue weighted by molar-refractivity contribution is -0.127. The van der Waals surface area contributed by atoms with E-state index in [1.807, 2.05) is 13.0 Å². The summed E-state index contributed by atoms with van der Waals surface area (Å²) in [6.45, 7) is 4.55. The van der Waals surface area contributed by atoms with Gasteiger partial charge in [0.05, 0.1) is 18.2 Å². The summed E-state index contributed by atoms with van der Waals surface area (Å²) >= 11 is 0. The summed E-state index contributed by atoms with van der Waals surface area (Å²) in [5.41, 5.74) is 0.912. The summed E-state index contributed by atoms with van der Waals surface area (Å²) in [5.74, 6) is 1.26. The van der Waals surface area contributed by atoms with Crippen LogP contribution in [-0.4, -0.2) is 35.1 Å². The van der Waals surface area contributed by atoms with E-state index in [0.717, 1.165) is 56.8 Å². The summed E-state index contributed by atoms with van der Waals surface area (Å²) in [6.07, 6.45) is 4.39. The molecule has 1 aromatic heterocycles. The largest absolute Gasteiger partial charge is 0.360 e. The molecule has 1 N–H and O–H groups in total. The van der Waals surface area contributed by atoms with Gasteiger partial charge in [0.25, 0.3) is 0 Å². The van der Waals surface area contributed by atoms with Crippen LogP contribution in [0.4, 0.5) is 0 Å². The number of hydrogen-bond donors (Lipinski definition) is 1. The van der Waals surface area contributed by atoms with Gasteiger partial charge >= 0.3 is 0 Å². The molecule has 2 aliphatic rings. The number of nitrogens with zero attached hydrogens (tertiary/aromatic N) is 2. The molecule has 5 nitrogen and oxygen atoms in total. The Morgan fingerprint density at radius 2 is 2.37 bits per heavy atom. The second kappa shape index (κ2) is 5.33. The van der Waals surface area contributed by atoms with E-state index < -0.39 is 0 Å². The Balaban J connectivity index is 1.53. The average molecular weight is 263 g/mol. The van der Waals surface area contributed by atoms with Crippen LogP contribution < -0.4 is 5.32 Å². The Morgan fingerprint density at radius 3 is 3.05 bits per heavy atom. The van der Waals surface area contributed by atoms with E-state index in [0.29, 0.717) is 6.04 Å². The van der Waals surface area contributed by atoms with Crippen molar-refractivity contribution in [2.45, 2.75) is 45.2 Å². The first-order valence-electron chi connectivity index (χ1n) is 7.15. The lowest BCUT2D eigenvalue weighted by Gasteiger charge is -2.31. The fourth-order valence-corrected chi connectivity index (χ4v) is 2.67. The van der Waals surface area contributed by atoms with Crippen molar-refractivity contribution in [1.82, 2.24) is 15.4 Å². The lowest BCUT2D eigenvalue weighted by Crippen LogP contribution is -2.43. The normalized spacial score (nSPS) is 24.4. The number of aryl methyl sites for hydroxylation is 1. The highest BCUT2D eigenvalue weighted by molar-refractivity contribution is 5.79. The number of amides is 1. The van der Waals surface area contributed by atoms with Gasteiger partial charge in [0.1, 0.15) is 0 Å². The molecule has 2 heterocycles. The van der Waals surface area contributed by atoms with E-state index in [2.05, 4.69) is 15.4 Å². The smallest absolute Gasteiger partial charge is 0.224 e. The molecule has 5 heteroatoms. The topological polar surface area (TPSA) is 58.4 Å². The zero-order chi connectivity index (χ0) is 13.2. The van der Waals surface area contributed by atoms with Crippen molar-refractivity contribution < 1.29 is 9.32 Å². The maximum atomic E-state index is 12.1. The van der Waals surface area contributed by atoms with Gasteiger partial charge in [0.2, 0.25) is 5.91 Å². The van der Waals surface area contributed by atoms with E-state index in [-0.39, 0.29) is 11.8 Å². The molecule has 1 atom stereocenters. The molecule has 1 aromatic rings. The Morgan fingerprint density at radius 1 is 1.53 bits per heavy atom. The average Bonchev–Trinajstić information content (AvgIpc) is 3.12. The standard InChI is InChI=1S/C14H21N3O2/c1-10-7-13(19-16-10)9-17-6-2-3-11(8-17)14(18)15-12-4-5-12/h7,11-12H,2-6,8-9H2,1H3,(H,15,18). The van der Waals surface area contributed by atoms with Gasteiger partial charge in [-0.2, -0.15) is 0 Å². The number of carbonyl (C=O) groups excluding carboxylic acids is 1. The minimum atomic E-state index is 0.137. The predicted octanol–water partition coefficient (Wildman–Crippen LogP) is 1.47. The molecule has 1 amide bonds. The van der Waals surface area contributed by atoms with E-state index >= 15 is 0 Å². The summed E-state index contributed by atoms with van der Waals surface area (Å²) in [7, 11) is 0. The molecule has 104 valence electrons. The molecule has 2 fully saturated rings. The summed E-state index contributed by atoms with van der Waals surface area (Å²) < 4.78 is 5.25. The van der Waals surface area contributed by atoms with Crippen molar-refractivity contribution in [3.05, 3.63) is 17.5 Å². The highest BCUT2D eigenvalue weighted by atomic mass is 16.5. The maximum Gasteiger partial charge on any atom is 0.224 e. The Kier molecular flexibility index (Phi) is 3.55. The fourth-order valence-electron chi connectivity index (χ4n) is 2.67. The number of carbonyl (C=O) groups is 1. The van der Waals surface area contributed by atoms with Gasteiger partial charge in [-0.25, -0.2) is 0 Å². The quantitative estimate of drug-likeness (QED) is 0.893. The van der Waals surface area contributed by atoms with Gasteiger partial charge in [-0.15, -0.1) is 0 Å². The molecule has 19 heavy (non-hydrogen) atoms. The predicted molar refractivity (Wildman–Crippen MR) is 70.4 cm³/mol. The summed E-state index contributed by atoms with van der Waals surface area (Å²) in [4.78, 5) is 14.4. The highest BCUT2D eigenvalue weighted by Gasteiger charge is 2.30. The van der Waals surface area contributed by atoms with Crippen LogP contribution in [0.1, 0.15) is 37.1 Å². The van der Waals surface area contributed by atoms with Crippen LogP contribution in [0.15, 0.2) is 10.6 Å². The summed E-state index contributed by atoms with van der Waals surface area (Å²) in [6, 6.07) is 2.42. The van der Waals surface area contributed by atoms with Crippen LogP contribution in [0, 0.1) is 12.8 Å². The monoisotopic (exact) mass is 263 g/mol. The third-order valence-electron chi connectivity index (χ3n) is 3.86. The van der Waals surface area contributed by atoms with Crippen molar-refractivity contribution in [1.29, 1.82) is 0 Å². The van der Waals surface area contributed by atoms with Gasteiger partial charge in [-0.1, -0.05) is 5.16 Å². The minimum Gasteiger partial charge on any atom is -0.360 e. The number of rotatable bonds is 4. The third-order valence-corrected chi connectivity index (χ3v) is 3.86. The van der Waals surface area contributed by atoms with Crippen molar-refractivity contribution in [2.75, 3.05) is 13.1 Å². The van der Waals surface area contributed by atoms with Gasteiger partial charge in [0, 0.05) is 18.7 Å². The molecule has 1 unspecified atom stereocenters. The van der Waals surface area contributed by atoms with Gasteiger partial charge in [0.15, 0.2) is 5.76 Å². The molecule has 1 aliphatic carbocycles. The van der Waals surface area contributed by atoms with E-state index in [1.165, 1.54) is 0 Å². The second-order valence-corrected chi connectivity index (χ2v) is 5.79. The molecule has 0 bridgehead atoms. The van der Waals surface area contributed by atoms with Crippen LogP contribution >= 0.6 is 0 Å². The van der Waals surface area contributed by atoms with Crippen molar-refractivity contribution in [3.63, 3.8) is 0 Å². The second-order valence-electron chi connectivity index (χ2n) is 5.79. The van der Waals surface area contributed by atoms with Crippen molar-refractivity contribution in [2.24, 2.45) is 5.92 Å². The van der Waals surface area contributed by atoms with Crippen LogP contribution in [0.3, 0.4) is 0 Å². The Bertz CT molecular complexity index is 453. The molecular weight excluding hydrogens is 242 g/mol. The zero-order valence-corrected chi connectivity index (χ0v) is 11.4. The van der Waals surface area contributed by atoms with Crippen LogP contribution in [-0.2, 0) is 11.3 Å². The first kappa shape index (κ1) is 12.7. The molecule has 0 aromatic carbocycles. The lowest BCUT2D eigenvalue weighted by atomic mass is 9.97. The van der Waals surface area contributed by atoms with Crippen LogP contribution in [0.25, 0.3) is 0 Å². The highest BCUT2D eigenvalue weighted by Crippen LogP contribution is 2.23. The summed E-state index contributed by atoms with van der Waals surface area (Å²) in [5, 5.41) is 7.01. The number of likely N-dealkylation sites (tertiary alicyclic amines) is 1.